The number of imide groups is 1. The van der Waals surface area contributed by atoms with Gasteiger partial charge in [0.05, 0.1) is 20.3 Å². The number of carbonyl (C=O) groups excluding carboxylic acids is 2. The normalized spacial score (nSPS) is 22.0. The SMILES string of the molecule is COc1cc2c(cc1OC)CN(C1CCC(=O)NC1=O)CC2. The van der Waals surface area contributed by atoms with Crippen LogP contribution in [-0.2, 0) is 22.6 Å². The summed E-state index contributed by atoms with van der Waals surface area (Å²) in [5.41, 5.74) is 2.37. The molecule has 3 rings (SSSR count). The van der Waals surface area contributed by atoms with Crippen LogP contribution in [0.25, 0.3) is 0 Å². The molecule has 118 valence electrons. The molecule has 1 N–H and O–H groups in total. The van der Waals surface area contributed by atoms with Crippen molar-refractivity contribution in [2.24, 2.45) is 0 Å². The number of methoxy groups -OCH3 is 2. The van der Waals surface area contributed by atoms with Crippen molar-refractivity contribution in [1.29, 1.82) is 0 Å². The van der Waals surface area contributed by atoms with Gasteiger partial charge in [0.2, 0.25) is 11.8 Å². The third-order valence-corrected chi connectivity index (χ3v) is 4.40. The number of hydrogen-bond donors (Lipinski definition) is 1. The second kappa shape index (κ2) is 5.96. The number of nitrogens with zero attached hydrogens (tertiary/aromatic N) is 1. The molecule has 1 aromatic rings. The van der Waals surface area contributed by atoms with Gasteiger partial charge in [-0.2, -0.15) is 0 Å². The second-order valence-corrected chi connectivity index (χ2v) is 5.66. The Morgan fingerprint density at radius 1 is 1.09 bits per heavy atom. The van der Waals surface area contributed by atoms with Gasteiger partial charge in [0, 0.05) is 19.5 Å². The number of benzene rings is 1. The Morgan fingerprint density at radius 2 is 1.77 bits per heavy atom. The van der Waals surface area contributed by atoms with E-state index in [1.165, 1.54) is 5.56 Å². The Labute approximate surface area is 129 Å². The predicted molar refractivity (Wildman–Crippen MR) is 79.8 cm³/mol. The van der Waals surface area contributed by atoms with Gasteiger partial charge in [0.15, 0.2) is 11.5 Å². The molecule has 0 radical (unpaired) electrons. The minimum atomic E-state index is -0.223. The van der Waals surface area contributed by atoms with Crippen molar-refractivity contribution in [2.75, 3.05) is 20.8 Å². The largest absolute Gasteiger partial charge is 0.493 e. The molecule has 1 saturated heterocycles. The van der Waals surface area contributed by atoms with Gasteiger partial charge in [-0.25, -0.2) is 0 Å². The molecule has 6 nitrogen and oxygen atoms in total. The van der Waals surface area contributed by atoms with E-state index >= 15 is 0 Å². The van der Waals surface area contributed by atoms with Crippen LogP contribution in [-0.4, -0.2) is 43.5 Å². The summed E-state index contributed by atoms with van der Waals surface area (Å²) in [4.78, 5) is 25.4. The van der Waals surface area contributed by atoms with E-state index in [0.717, 1.165) is 24.3 Å². The van der Waals surface area contributed by atoms with E-state index in [1.807, 2.05) is 12.1 Å². The summed E-state index contributed by atoms with van der Waals surface area (Å²) >= 11 is 0. The van der Waals surface area contributed by atoms with Crippen LogP contribution < -0.4 is 14.8 Å². The first-order valence-corrected chi connectivity index (χ1v) is 7.44. The van der Waals surface area contributed by atoms with Crippen LogP contribution >= 0.6 is 0 Å². The Kier molecular flexibility index (Phi) is 4.02. The van der Waals surface area contributed by atoms with Crippen LogP contribution in [0, 0.1) is 0 Å². The lowest BCUT2D eigenvalue weighted by molar-refractivity contribution is -0.137. The molecule has 22 heavy (non-hydrogen) atoms. The molecule has 0 saturated carbocycles. The van der Waals surface area contributed by atoms with E-state index in [0.29, 0.717) is 25.1 Å². The van der Waals surface area contributed by atoms with E-state index in [4.69, 9.17) is 9.47 Å². The number of piperidine rings is 1. The smallest absolute Gasteiger partial charge is 0.243 e. The Hall–Kier alpha value is -2.08. The van der Waals surface area contributed by atoms with Crippen molar-refractivity contribution in [3.63, 3.8) is 0 Å². The average Bonchev–Trinajstić information content (AvgIpc) is 2.53. The molecule has 2 aliphatic heterocycles. The number of fused-ring (bicyclic) bond motifs is 1. The van der Waals surface area contributed by atoms with Crippen LogP contribution in [0.2, 0.25) is 0 Å². The maximum atomic E-state index is 12.0. The Bertz CT molecular complexity index is 614. The van der Waals surface area contributed by atoms with Crippen molar-refractivity contribution in [1.82, 2.24) is 10.2 Å². The van der Waals surface area contributed by atoms with Gasteiger partial charge >= 0.3 is 0 Å². The van der Waals surface area contributed by atoms with Crippen LogP contribution in [0.5, 0.6) is 11.5 Å². The summed E-state index contributed by atoms with van der Waals surface area (Å²) in [6.45, 7) is 1.48. The van der Waals surface area contributed by atoms with Crippen LogP contribution in [0.3, 0.4) is 0 Å². The summed E-state index contributed by atoms with van der Waals surface area (Å²) in [5, 5.41) is 2.43. The number of carbonyl (C=O) groups is 2. The van der Waals surface area contributed by atoms with Gasteiger partial charge in [-0.15, -0.1) is 0 Å². The fraction of sp³-hybridized carbons (Fsp3) is 0.500. The number of amides is 2. The molecule has 2 aliphatic rings. The first-order valence-electron chi connectivity index (χ1n) is 7.44. The molecular weight excluding hydrogens is 284 g/mol. The molecule has 2 amide bonds. The van der Waals surface area contributed by atoms with Crippen molar-refractivity contribution in [3.05, 3.63) is 23.3 Å². The van der Waals surface area contributed by atoms with Gasteiger partial charge in [-0.05, 0) is 36.1 Å². The maximum Gasteiger partial charge on any atom is 0.243 e. The van der Waals surface area contributed by atoms with Crippen LogP contribution in [0.1, 0.15) is 24.0 Å². The van der Waals surface area contributed by atoms with Crippen LogP contribution in [0.4, 0.5) is 0 Å². The zero-order valence-electron chi connectivity index (χ0n) is 12.8. The van der Waals surface area contributed by atoms with E-state index in [2.05, 4.69) is 10.2 Å². The fourth-order valence-electron chi connectivity index (χ4n) is 3.20. The fourth-order valence-corrected chi connectivity index (χ4v) is 3.20. The summed E-state index contributed by atoms with van der Waals surface area (Å²) in [5.74, 6) is 1.08. The van der Waals surface area contributed by atoms with E-state index in [9.17, 15) is 9.59 Å². The van der Waals surface area contributed by atoms with Gasteiger partial charge in [-0.3, -0.25) is 19.8 Å². The molecule has 0 aliphatic carbocycles. The van der Waals surface area contributed by atoms with Gasteiger partial charge < -0.3 is 9.47 Å². The van der Waals surface area contributed by atoms with Gasteiger partial charge in [-0.1, -0.05) is 0 Å². The van der Waals surface area contributed by atoms with Crippen molar-refractivity contribution in [2.45, 2.75) is 31.8 Å². The highest BCUT2D eigenvalue weighted by molar-refractivity contribution is 6.00. The molecule has 0 aromatic heterocycles. The highest BCUT2D eigenvalue weighted by Crippen LogP contribution is 2.34. The van der Waals surface area contributed by atoms with E-state index in [-0.39, 0.29) is 17.9 Å². The van der Waals surface area contributed by atoms with Gasteiger partial charge in [0.25, 0.3) is 0 Å². The molecule has 2 heterocycles. The summed E-state index contributed by atoms with van der Waals surface area (Å²) in [6, 6.07) is 3.77. The monoisotopic (exact) mass is 304 g/mol. The van der Waals surface area contributed by atoms with Crippen molar-refractivity contribution in [3.8, 4) is 11.5 Å². The number of nitrogens with one attached hydrogen (secondary N) is 1. The molecule has 1 unspecified atom stereocenters. The summed E-state index contributed by atoms with van der Waals surface area (Å²) in [6.07, 6.45) is 1.85. The quantitative estimate of drug-likeness (QED) is 0.839. The topological polar surface area (TPSA) is 67.9 Å². The Morgan fingerprint density at radius 3 is 2.41 bits per heavy atom. The van der Waals surface area contributed by atoms with Crippen molar-refractivity contribution < 1.29 is 19.1 Å². The molecule has 1 aromatic carbocycles. The third kappa shape index (κ3) is 2.66. The maximum absolute atomic E-state index is 12.0. The second-order valence-electron chi connectivity index (χ2n) is 5.66. The highest BCUT2D eigenvalue weighted by atomic mass is 16.5. The lowest BCUT2D eigenvalue weighted by Crippen LogP contribution is -2.53. The van der Waals surface area contributed by atoms with Gasteiger partial charge in [0.1, 0.15) is 0 Å². The van der Waals surface area contributed by atoms with E-state index in [1.54, 1.807) is 14.2 Å². The number of ether oxygens (including phenoxy) is 2. The third-order valence-electron chi connectivity index (χ3n) is 4.40. The average molecular weight is 304 g/mol. The number of hydrogen-bond acceptors (Lipinski definition) is 5. The standard InChI is InChI=1S/C16H20N2O4/c1-21-13-7-10-5-6-18(9-11(10)8-14(13)22-2)12-3-4-15(19)17-16(12)20/h7-8,12H,3-6,9H2,1-2H3,(H,17,19,20). The minimum Gasteiger partial charge on any atom is -0.493 e. The summed E-state index contributed by atoms with van der Waals surface area (Å²) in [7, 11) is 3.24. The zero-order chi connectivity index (χ0) is 15.7. The molecule has 0 bridgehead atoms. The predicted octanol–water partition coefficient (Wildman–Crippen LogP) is 0.867. The highest BCUT2D eigenvalue weighted by Gasteiger charge is 2.33. The minimum absolute atomic E-state index is 0.176. The molecule has 1 atom stereocenters. The lowest BCUT2D eigenvalue weighted by Gasteiger charge is -2.36. The molecule has 6 heteroatoms. The summed E-state index contributed by atoms with van der Waals surface area (Å²) < 4.78 is 10.7. The van der Waals surface area contributed by atoms with Crippen LogP contribution in [0.15, 0.2) is 12.1 Å². The zero-order valence-corrected chi connectivity index (χ0v) is 12.8. The first-order chi connectivity index (χ1) is 10.6. The molecule has 1 fully saturated rings. The van der Waals surface area contributed by atoms with Crippen molar-refractivity contribution >= 4 is 11.8 Å². The first kappa shape index (κ1) is 14.8. The number of rotatable bonds is 3. The lowest BCUT2D eigenvalue weighted by atomic mass is 9.95. The van der Waals surface area contributed by atoms with E-state index < -0.39 is 0 Å². The molecular formula is C16H20N2O4. The molecule has 0 spiro atoms. The Balaban J connectivity index is 1.81.